The molecule has 2 unspecified atom stereocenters. The van der Waals surface area contributed by atoms with Crippen LogP contribution in [0.25, 0.3) is 0 Å². The van der Waals surface area contributed by atoms with Crippen LogP contribution in [0.4, 0.5) is 0 Å². The van der Waals surface area contributed by atoms with Crippen LogP contribution in [0.3, 0.4) is 0 Å². The van der Waals surface area contributed by atoms with E-state index in [1.807, 2.05) is 21.1 Å². The monoisotopic (exact) mass is 824 g/mol. The number of allylic oxidation sites excluding steroid dienone is 8. The van der Waals surface area contributed by atoms with Gasteiger partial charge in [-0.3, -0.25) is 9.36 Å². The van der Waals surface area contributed by atoms with Crippen molar-refractivity contribution in [2.75, 3.05) is 54.1 Å². The number of hydrogen-bond donors (Lipinski definition) is 0. The zero-order valence-electron chi connectivity index (χ0n) is 37.8. The number of esters is 1. The van der Waals surface area contributed by atoms with E-state index in [1.165, 1.54) is 116 Å². The predicted molar refractivity (Wildman–Crippen MR) is 240 cm³/mol. The van der Waals surface area contributed by atoms with Crippen molar-refractivity contribution < 1.29 is 37.3 Å². The number of ether oxygens (including phenoxy) is 2. The molecule has 9 heteroatoms. The van der Waals surface area contributed by atoms with Gasteiger partial charge in [0.25, 0.3) is 7.82 Å². The lowest BCUT2D eigenvalue weighted by molar-refractivity contribution is -0.870. The molecular formula is C48H90NO7P. The number of rotatable bonds is 43. The summed E-state index contributed by atoms with van der Waals surface area (Å²) in [6, 6.07) is 0. The Bertz CT molecular complexity index is 1050. The van der Waals surface area contributed by atoms with Crippen molar-refractivity contribution in [2.24, 2.45) is 0 Å². The Morgan fingerprint density at radius 2 is 0.965 bits per heavy atom. The van der Waals surface area contributed by atoms with Gasteiger partial charge < -0.3 is 27.9 Å². The molecule has 0 saturated carbocycles. The number of hydrogen-bond acceptors (Lipinski definition) is 7. The molecule has 0 aromatic heterocycles. The van der Waals surface area contributed by atoms with E-state index in [0.717, 1.165) is 57.8 Å². The minimum absolute atomic E-state index is 0.0209. The van der Waals surface area contributed by atoms with Crippen LogP contribution in [0.1, 0.15) is 194 Å². The van der Waals surface area contributed by atoms with Crippen LogP contribution in [0.5, 0.6) is 0 Å². The largest absolute Gasteiger partial charge is 0.756 e. The van der Waals surface area contributed by atoms with E-state index < -0.39 is 13.9 Å². The van der Waals surface area contributed by atoms with Crippen LogP contribution in [-0.2, 0) is 27.9 Å². The van der Waals surface area contributed by atoms with Gasteiger partial charge in [0.1, 0.15) is 19.3 Å². The van der Waals surface area contributed by atoms with E-state index >= 15 is 0 Å². The number of carbonyl (C=O) groups excluding carboxylic acids is 1. The lowest BCUT2D eigenvalue weighted by atomic mass is 10.1. The van der Waals surface area contributed by atoms with Gasteiger partial charge in [0.15, 0.2) is 0 Å². The number of likely N-dealkylation sites (N-methyl/N-ethyl adjacent to an activating group) is 1. The molecule has 0 aliphatic carbocycles. The highest BCUT2D eigenvalue weighted by Crippen LogP contribution is 2.38. The first-order valence-corrected chi connectivity index (χ1v) is 24.8. The average molecular weight is 824 g/mol. The molecule has 0 saturated heterocycles. The molecule has 0 aromatic carbocycles. The maximum atomic E-state index is 12.7. The molecule has 0 N–H and O–H groups in total. The molecule has 334 valence electrons. The van der Waals surface area contributed by atoms with Crippen LogP contribution < -0.4 is 4.89 Å². The third-order valence-electron chi connectivity index (χ3n) is 9.85. The summed E-state index contributed by atoms with van der Waals surface area (Å²) >= 11 is 0. The maximum Gasteiger partial charge on any atom is 0.306 e. The molecule has 0 fully saturated rings. The summed E-state index contributed by atoms with van der Waals surface area (Å²) in [7, 11) is 1.34. The Morgan fingerprint density at radius 3 is 1.49 bits per heavy atom. The van der Waals surface area contributed by atoms with Gasteiger partial charge in [0, 0.05) is 13.0 Å². The molecule has 0 aliphatic rings. The summed E-state index contributed by atoms with van der Waals surface area (Å²) in [4.78, 5) is 25.1. The van der Waals surface area contributed by atoms with E-state index in [4.69, 9.17) is 18.5 Å². The molecule has 57 heavy (non-hydrogen) atoms. The second-order valence-electron chi connectivity index (χ2n) is 16.8. The standard InChI is InChI=1S/C48H90NO7P/c1-6-8-10-12-14-16-18-20-22-24-25-26-27-29-31-33-35-37-39-41-48(50)56-47(46-55-57(51,52)54-44-42-49(3,4)5)45-53-43-40-38-36-34-32-30-28-23-21-19-17-15-13-11-9-7-2/h14,16,20-23,25-26,47H,6-13,15,17-19,24,27-46H2,1-5H3/b16-14-,22-20-,23-21-,26-25-. The minimum atomic E-state index is -4.53. The first kappa shape index (κ1) is 55.5. The number of nitrogens with zero attached hydrogens (tertiary/aromatic N) is 1. The number of phosphoric acid groups is 1. The van der Waals surface area contributed by atoms with E-state index in [2.05, 4.69) is 62.5 Å². The Labute approximate surface area is 352 Å². The van der Waals surface area contributed by atoms with Crippen molar-refractivity contribution in [2.45, 2.75) is 200 Å². The van der Waals surface area contributed by atoms with Crippen LogP contribution in [0, 0.1) is 0 Å². The first-order valence-electron chi connectivity index (χ1n) is 23.4. The molecule has 0 radical (unpaired) electrons. The van der Waals surface area contributed by atoms with Gasteiger partial charge >= 0.3 is 5.97 Å². The lowest BCUT2D eigenvalue weighted by Gasteiger charge is -2.28. The fraction of sp³-hybridized carbons (Fsp3) is 0.812. The molecule has 0 amide bonds. The topological polar surface area (TPSA) is 94.1 Å². The van der Waals surface area contributed by atoms with Crippen LogP contribution in [0.2, 0.25) is 0 Å². The minimum Gasteiger partial charge on any atom is -0.756 e. The molecule has 0 bridgehead atoms. The predicted octanol–water partition coefficient (Wildman–Crippen LogP) is 13.3. The van der Waals surface area contributed by atoms with E-state index in [0.29, 0.717) is 24.1 Å². The third-order valence-corrected chi connectivity index (χ3v) is 10.8. The van der Waals surface area contributed by atoms with Crippen LogP contribution >= 0.6 is 7.82 Å². The average Bonchev–Trinajstić information content (AvgIpc) is 3.16. The summed E-state index contributed by atoms with van der Waals surface area (Å²) in [5.74, 6) is -0.349. The highest BCUT2D eigenvalue weighted by atomic mass is 31.2. The van der Waals surface area contributed by atoms with Crippen LogP contribution in [-0.4, -0.2) is 70.7 Å². The smallest absolute Gasteiger partial charge is 0.306 e. The van der Waals surface area contributed by atoms with Crippen LogP contribution in [0.15, 0.2) is 48.6 Å². The van der Waals surface area contributed by atoms with Crippen molar-refractivity contribution in [1.29, 1.82) is 0 Å². The zero-order chi connectivity index (χ0) is 42.0. The second kappa shape index (κ2) is 41.2. The number of unbranched alkanes of at least 4 members (excludes halogenated alkanes) is 21. The second-order valence-corrected chi connectivity index (χ2v) is 18.2. The summed E-state index contributed by atoms with van der Waals surface area (Å²) in [6.45, 7) is 5.35. The Balaban J connectivity index is 4.25. The summed E-state index contributed by atoms with van der Waals surface area (Å²) in [5, 5.41) is 0. The Morgan fingerprint density at radius 1 is 0.544 bits per heavy atom. The normalized spacial score (nSPS) is 14.1. The fourth-order valence-corrected chi connectivity index (χ4v) is 6.92. The quantitative estimate of drug-likeness (QED) is 0.0199. The van der Waals surface area contributed by atoms with Crippen molar-refractivity contribution in [3.05, 3.63) is 48.6 Å². The molecular weight excluding hydrogens is 734 g/mol. The molecule has 0 spiro atoms. The number of phosphoric ester groups is 1. The third kappa shape index (κ3) is 45.4. The summed E-state index contributed by atoms with van der Waals surface area (Å²) in [5.41, 5.74) is 0. The Hall–Kier alpha value is -1.54. The molecule has 0 aromatic rings. The Kier molecular flexibility index (Phi) is 40.1. The van der Waals surface area contributed by atoms with Gasteiger partial charge in [0.2, 0.25) is 0 Å². The van der Waals surface area contributed by atoms with Crippen molar-refractivity contribution in [3.63, 3.8) is 0 Å². The van der Waals surface area contributed by atoms with E-state index in [1.54, 1.807) is 0 Å². The zero-order valence-corrected chi connectivity index (χ0v) is 38.7. The van der Waals surface area contributed by atoms with Crippen molar-refractivity contribution in [3.8, 4) is 0 Å². The van der Waals surface area contributed by atoms with Gasteiger partial charge in [-0.1, -0.05) is 159 Å². The highest BCUT2D eigenvalue weighted by molar-refractivity contribution is 7.45. The maximum absolute atomic E-state index is 12.7. The van der Waals surface area contributed by atoms with Gasteiger partial charge in [-0.05, 0) is 77.0 Å². The fourth-order valence-electron chi connectivity index (χ4n) is 6.19. The first-order chi connectivity index (χ1) is 27.6. The van der Waals surface area contributed by atoms with Gasteiger partial charge in [-0.15, -0.1) is 0 Å². The molecule has 0 aliphatic heterocycles. The van der Waals surface area contributed by atoms with Gasteiger partial charge in [-0.25, -0.2) is 0 Å². The molecule has 2 atom stereocenters. The molecule has 0 heterocycles. The number of quaternary nitrogens is 1. The SMILES string of the molecule is CCCCC/C=C\C/C=C\C/C=C\CCCCCCCCC(=O)OC(COCCCCCCCC/C=C\CCCCCCCC)COP(=O)([O-])OCC[N+](C)(C)C. The lowest BCUT2D eigenvalue weighted by Crippen LogP contribution is -2.37. The van der Waals surface area contributed by atoms with Gasteiger partial charge in [-0.2, -0.15) is 0 Å². The molecule has 8 nitrogen and oxygen atoms in total. The highest BCUT2D eigenvalue weighted by Gasteiger charge is 2.20. The number of carbonyl (C=O) groups is 1. The van der Waals surface area contributed by atoms with Crippen molar-refractivity contribution in [1.82, 2.24) is 0 Å². The summed E-state index contributed by atoms with van der Waals surface area (Å²) in [6.07, 6.45) is 49.7. The van der Waals surface area contributed by atoms with E-state index in [-0.39, 0.29) is 25.8 Å². The van der Waals surface area contributed by atoms with Gasteiger partial charge in [0.05, 0.1) is 34.4 Å². The van der Waals surface area contributed by atoms with E-state index in [9.17, 15) is 14.3 Å². The molecule has 0 rings (SSSR count). The van der Waals surface area contributed by atoms with Crippen molar-refractivity contribution >= 4 is 13.8 Å². The summed E-state index contributed by atoms with van der Waals surface area (Å²) < 4.78 is 34.6.